The fourth-order valence-electron chi connectivity index (χ4n) is 2.03. The molecule has 0 aliphatic carbocycles. The van der Waals surface area contributed by atoms with E-state index in [1.54, 1.807) is 25.1 Å². The lowest BCUT2D eigenvalue weighted by atomic mass is 10.2. The van der Waals surface area contributed by atoms with Gasteiger partial charge < -0.3 is 10.1 Å². The summed E-state index contributed by atoms with van der Waals surface area (Å²) in [6.07, 6.45) is -0.976. The van der Waals surface area contributed by atoms with Crippen LogP contribution in [-0.4, -0.2) is 23.2 Å². The number of halogens is 2. The molecule has 0 aromatic heterocycles. The summed E-state index contributed by atoms with van der Waals surface area (Å²) in [7, 11) is 0. The van der Waals surface area contributed by atoms with Gasteiger partial charge >= 0.3 is 5.97 Å². The van der Waals surface area contributed by atoms with Crippen molar-refractivity contribution in [1.29, 1.82) is 0 Å². The summed E-state index contributed by atoms with van der Waals surface area (Å²) in [5, 5.41) is 2.77. The Hall–Kier alpha value is -1.69. The zero-order valence-electron chi connectivity index (χ0n) is 14.6. The smallest absolute Gasteiger partial charge is 0.319 e. The molecule has 2 rings (SSSR count). The maximum absolute atomic E-state index is 12.3. The number of thioether (sulfide) groups is 1. The SMILES string of the molecule is Cc1ccc(S[C@H](C)C(=O)O[C@H](C)C(=O)Nc2c(Cl)cccc2Cl)cc1. The largest absolute Gasteiger partial charge is 0.452 e. The minimum Gasteiger partial charge on any atom is -0.452 e. The standard InChI is InChI=1S/C19H19Cl2NO3S/c1-11-7-9-14(10-8-11)26-13(3)19(24)25-12(2)18(23)22-17-15(20)5-4-6-16(17)21/h4-10,12-13H,1-3H3,(H,22,23)/t12-,13-/m1/s1. The van der Waals surface area contributed by atoms with E-state index in [2.05, 4.69) is 5.32 Å². The number of aryl methyl sites for hydroxylation is 1. The number of esters is 1. The lowest BCUT2D eigenvalue weighted by Gasteiger charge is -2.17. The van der Waals surface area contributed by atoms with Crippen molar-refractivity contribution in [2.75, 3.05) is 5.32 Å². The first-order valence-corrected chi connectivity index (χ1v) is 9.60. The molecule has 2 atom stereocenters. The second-order valence-electron chi connectivity index (χ2n) is 5.74. The third kappa shape index (κ3) is 5.66. The van der Waals surface area contributed by atoms with Crippen LogP contribution >= 0.6 is 35.0 Å². The summed E-state index contributed by atoms with van der Waals surface area (Å²) in [6.45, 7) is 5.24. The van der Waals surface area contributed by atoms with Crippen LogP contribution in [0.1, 0.15) is 19.4 Å². The van der Waals surface area contributed by atoms with Gasteiger partial charge in [-0.1, -0.05) is 47.0 Å². The first-order chi connectivity index (χ1) is 12.3. The number of para-hydroxylation sites is 1. The summed E-state index contributed by atoms with van der Waals surface area (Å²) in [5.41, 5.74) is 1.44. The van der Waals surface area contributed by atoms with Gasteiger partial charge in [-0.15, -0.1) is 11.8 Å². The lowest BCUT2D eigenvalue weighted by Crippen LogP contribution is -2.32. The van der Waals surface area contributed by atoms with Crippen molar-refractivity contribution in [3.8, 4) is 0 Å². The van der Waals surface area contributed by atoms with E-state index in [-0.39, 0.29) is 0 Å². The molecule has 4 nitrogen and oxygen atoms in total. The maximum Gasteiger partial charge on any atom is 0.319 e. The van der Waals surface area contributed by atoms with Gasteiger partial charge in [0.05, 0.1) is 15.7 Å². The molecule has 0 aliphatic heterocycles. The number of anilines is 1. The van der Waals surface area contributed by atoms with Crippen molar-refractivity contribution in [2.45, 2.75) is 37.0 Å². The number of nitrogens with one attached hydrogen (secondary N) is 1. The molecule has 1 amide bonds. The van der Waals surface area contributed by atoms with Gasteiger partial charge in [0.1, 0.15) is 5.25 Å². The molecule has 0 fully saturated rings. The molecule has 0 spiro atoms. The monoisotopic (exact) mass is 411 g/mol. The molecule has 0 saturated carbocycles. The van der Waals surface area contributed by atoms with Crippen LogP contribution in [0.25, 0.3) is 0 Å². The average Bonchev–Trinajstić information content (AvgIpc) is 2.59. The second-order valence-corrected chi connectivity index (χ2v) is 7.97. The number of ether oxygens (including phenoxy) is 1. The number of carbonyl (C=O) groups is 2. The van der Waals surface area contributed by atoms with Crippen LogP contribution in [0, 0.1) is 6.92 Å². The summed E-state index contributed by atoms with van der Waals surface area (Å²) < 4.78 is 5.26. The van der Waals surface area contributed by atoms with Gasteiger partial charge in [-0.25, -0.2) is 0 Å². The Kier molecular flexibility index (Phi) is 7.38. The summed E-state index contributed by atoms with van der Waals surface area (Å²) >= 11 is 13.4. The summed E-state index contributed by atoms with van der Waals surface area (Å²) in [6, 6.07) is 12.7. The molecule has 2 aromatic carbocycles. The highest BCUT2D eigenvalue weighted by Gasteiger charge is 2.23. The van der Waals surface area contributed by atoms with E-state index < -0.39 is 23.2 Å². The quantitative estimate of drug-likeness (QED) is 0.513. The van der Waals surface area contributed by atoms with E-state index >= 15 is 0 Å². The van der Waals surface area contributed by atoms with Gasteiger partial charge in [-0.2, -0.15) is 0 Å². The van der Waals surface area contributed by atoms with Crippen LogP contribution in [0.3, 0.4) is 0 Å². The first-order valence-electron chi connectivity index (χ1n) is 7.96. The Labute approximate surface area is 167 Å². The molecule has 0 aliphatic rings. The molecule has 2 aromatic rings. The highest BCUT2D eigenvalue weighted by molar-refractivity contribution is 8.00. The Morgan fingerprint density at radius 2 is 1.62 bits per heavy atom. The predicted octanol–water partition coefficient (Wildman–Crippen LogP) is 5.35. The maximum atomic E-state index is 12.3. The van der Waals surface area contributed by atoms with Crippen LogP contribution in [0.15, 0.2) is 47.4 Å². The second kappa shape index (κ2) is 9.31. The molecular formula is C19H19Cl2NO3S. The van der Waals surface area contributed by atoms with Gasteiger partial charge in [-0.05, 0) is 45.0 Å². The molecule has 138 valence electrons. The molecule has 1 N–H and O–H groups in total. The normalized spacial score (nSPS) is 13.0. The fourth-order valence-corrected chi connectivity index (χ4v) is 3.38. The molecule has 7 heteroatoms. The summed E-state index contributed by atoms with van der Waals surface area (Å²) in [4.78, 5) is 25.5. The minimum absolute atomic E-state index is 0.297. The number of benzene rings is 2. The average molecular weight is 412 g/mol. The molecule has 0 unspecified atom stereocenters. The highest BCUT2D eigenvalue weighted by Crippen LogP contribution is 2.30. The number of hydrogen-bond acceptors (Lipinski definition) is 4. The van der Waals surface area contributed by atoms with E-state index in [1.165, 1.54) is 18.7 Å². The van der Waals surface area contributed by atoms with Crippen molar-refractivity contribution < 1.29 is 14.3 Å². The van der Waals surface area contributed by atoms with Gasteiger partial charge in [0, 0.05) is 4.90 Å². The topological polar surface area (TPSA) is 55.4 Å². The number of rotatable bonds is 6. The van der Waals surface area contributed by atoms with Crippen LogP contribution < -0.4 is 5.32 Å². The van der Waals surface area contributed by atoms with Gasteiger partial charge in [0.2, 0.25) is 0 Å². The molecule has 0 saturated heterocycles. The molecular weight excluding hydrogens is 393 g/mol. The highest BCUT2D eigenvalue weighted by atomic mass is 35.5. The van der Waals surface area contributed by atoms with Crippen LogP contribution in [-0.2, 0) is 14.3 Å². The Morgan fingerprint density at radius 3 is 2.19 bits per heavy atom. The van der Waals surface area contributed by atoms with Crippen LogP contribution in [0.4, 0.5) is 5.69 Å². The molecule has 26 heavy (non-hydrogen) atoms. The summed E-state index contributed by atoms with van der Waals surface area (Å²) in [5.74, 6) is -0.968. The van der Waals surface area contributed by atoms with Crippen LogP contribution in [0.5, 0.6) is 0 Å². The number of carbonyl (C=O) groups excluding carboxylic acids is 2. The van der Waals surface area contributed by atoms with E-state index in [4.69, 9.17) is 27.9 Å². The van der Waals surface area contributed by atoms with Crippen molar-refractivity contribution in [1.82, 2.24) is 0 Å². The van der Waals surface area contributed by atoms with E-state index in [0.29, 0.717) is 15.7 Å². The zero-order valence-corrected chi connectivity index (χ0v) is 16.9. The van der Waals surface area contributed by atoms with E-state index in [0.717, 1.165) is 10.5 Å². The third-order valence-electron chi connectivity index (χ3n) is 3.54. The minimum atomic E-state index is -0.976. The Balaban J connectivity index is 1.93. The third-order valence-corrected chi connectivity index (χ3v) is 5.26. The number of amides is 1. The molecule has 0 radical (unpaired) electrons. The lowest BCUT2D eigenvalue weighted by molar-refractivity contribution is -0.152. The Bertz CT molecular complexity index is 776. The van der Waals surface area contributed by atoms with Gasteiger partial charge in [0.25, 0.3) is 5.91 Å². The van der Waals surface area contributed by atoms with Gasteiger partial charge in [0.15, 0.2) is 6.10 Å². The van der Waals surface area contributed by atoms with Gasteiger partial charge in [-0.3, -0.25) is 9.59 Å². The Morgan fingerprint density at radius 1 is 1.04 bits per heavy atom. The van der Waals surface area contributed by atoms with E-state index in [1.807, 2.05) is 31.2 Å². The van der Waals surface area contributed by atoms with E-state index in [9.17, 15) is 9.59 Å². The molecule has 0 heterocycles. The fraction of sp³-hybridized carbons (Fsp3) is 0.263. The first kappa shape index (κ1) is 20.6. The van der Waals surface area contributed by atoms with Crippen molar-refractivity contribution >= 4 is 52.5 Å². The van der Waals surface area contributed by atoms with Crippen LogP contribution in [0.2, 0.25) is 10.0 Å². The predicted molar refractivity (Wildman–Crippen MR) is 107 cm³/mol. The van der Waals surface area contributed by atoms with Crippen molar-refractivity contribution in [3.63, 3.8) is 0 Å². The number of hydrogen-bond donors (Lipinski definition) is 1. The van der Waals surface area contributed by atoms with Crippen molar-refractivity contribution in [3.05, 3.63) is 58.1 Å². The molecule has 0 bridgehead atoms. The van der Waals surface area contributed by atoms with Crippen molar-refractivity contribution in [2.24, 2.45) is 0 Å². The zero-order chi connectivity index (χ0) is 19.3.